The molecule has 0 aliphatic rings. The third kappa shape index (κ3) is 7.05. The number of benzene rings is 1. The molecule has 1 N–H and O–H groups in total. The highest BCUT2D eigenvalue weighted by Crippen LogP contribution is 2.29. The quantitative estimate of drug-likeness (QED) is 0.263. The van der Waals surface area contributed by atoms with Gasteiger partial charge in [0.05, 0.1) is 12.2 Å². The van der Waals surface area contributed by atoms with E-state index in [0.717, 1.165) is 24.1 Å². The summed E-state index contributed by atoms with van der Waals surface area (Å²) < 4.78 is 7.73. The lowest BCUT2D eigenvalue weighted by atomic mass is 9.94. The highest BCUT2D eigenvalue weighted by atomic mass is 16.5. The number of carbonyl (C=O) groups is 3. The maximum atomic E-state index is 13.3. The van der Waals surface area contributed by atoms with E-state index < -0.39 is 5.97 Å². The number of Topliss-reactive ketones (excluding diaryl/α,β-unsaturated/α-hetero) is 1. The van der Waals surface area contributed by atoms with Crippen LogP contribution >= 0.6 is 0 Å². The van der Waals surface area contributed by atoms with Gasteiger partial charge < -0.3 is 19.3 Å². The molecule has 2 aromatic heterocycles. The summed E-state index contributed by atoms with van der Waals surface area (Å²) in [5.41, 5.74) is 3.88. The Kier molecular flexibility index (Phi) is 9.74. The van der Waals surface area contributed by atoms with Crippen LogP contribution in [0.15, 0.2) is 36.5 Å². The number of aliphatic carboxylic acids is 1. The summed E-state index contributed by atoms with van der Waals surface area (Å²) in [5.74, 6) is -1.44. The first-order valence-electron chi connectivity index (χ1n) is 12.6. The van der Waals surface area contributed by atoms with Gasteiger partial charge in [-0.15, -0.1) is 0 Å². The molecule has 0 radical (unpaired) electrons. The summed E-state index contributed by atoms with van der Waals surface area (Å²) in [5, 5.41) is 19.1. The van der Waals surface area contributed by atoms with Crippen LogP contribution < -0.4 is 0 Å². The van der Waals surface area contributed by atoms with Gasteiger partial charge in [-0.2, -0.15) is 5.26 Å². The summed E-state index contributed by atoms with van der Waals surface area (Å²) in [6.45, 7) is 2.67. The molecule has 1 amide bonds. The van der Waals surface area contributed by atoms with E-state index in [2.05, 4.69) is 11.1 Å². The van der Waals surface area contributed by atoms with Crippen LogP contribution in [0.4, 0.5) is 0 Å². The number of aryl methyl sites for hydroxylation is 1. The second kappa shape index (κ2) is 13.0. The molecule has 200 valence electrons. The zero-order valence-corrected chi connectivity index (χ0v) is 22.4. The van der Waals surface area contributed by atoms with Gasteiger partial charge in [0.15, 0.2) is 5.78 Å². The van der Waals surface area contributed by atoms with Gasteiger partial charge in [0.1, 0.15) is 11.7 Å². The topological polar surface area (TPSA) is 126 Å². The molecule has 38 heavy (non-hydrogen) atoms. The lowest BCUT2D eigenvalue weighted by Crippen LogP contribution is -2.21. The Morgan fingerprint density at radius 3 is 2.63 bits per heavy atom. The van der Waals surface area contributed by atoms with Crippen LogP contribution in [0, 0.1) is 17.2 Å². The molecule has 1 atom stereocenters. The monoisotopic (exact) mass is 518 g/mol. The molecule has 0 fully saturated rings. The van der Waals surface area contributed by atoms with Gasteiger partial charge in [0.25, 0.3) is 5.91 Å². The predicted octanol–water partition coefficient (Wildman–Crippen LogP) is 4.37. The number of ether oxygens (including phenoxy) is 1. The van der Waals surface area contributed by atoms with Gasteiger partial charge >= 0.3 is 5.97 Å². The number of nitriles is 1. The Hall–Kier alpha value is -4.03. The maximum absolute atomic E-state index is 13.3. The first-order valence-corrected chi connectivity index (χ1v) is 12.6. The van der Waals surface area contributed by atoms with Crippen molar-refractivity contribution in [2.24, 2.45) is 13.0 Å². The first kappa shape index (κ1) is 28.5. The minimum atomic E-state index is -0.937. The maximum Gasteiger partial charge on any atom is 0.303 e. The smallest absolute Gasteiger partial charge is 0.303 e. The van der Waals surface area contributed by atoms with E-state index in [0.29, 0.717) is 47.4 Å². The molecule has 9 nitrogen and oxygen atoms in total. The van der Waals surface area contributed by atoms with Gasteiger partial charge in [0.2, 0.25) is 0 Å². The van der Waals surface area contributed by atoms with E-state index in [9.17, 15) is 19.6 Å². The van der Waals surface area contributed by atoms with Crippen molar-refractivity contribution in [3.8, 4) is 6.07 Å². The number of carbonyl (C=O) groups excluding carboxylic acids is 2. The number of hydrogen-bond acceptors (Lipinski definition) is 6. The lowest BCUT2D eigenvalue weighted by molar-refractivity contribution is -0.137. The van der Waals surface area contributed by atoms with Crippen molar-refractivity contribution in [2.75, 3.05) is 20.7 Å². The molecular formula is C29H34N4O5. The molecule has 0 saturated heterocycles. The van der Waals surface area contributed by atoms with Crippen LogP contribution in [0.2, 0.25) is 0 Å². The Morgan fingerprint density at radius 2 is 1.95 bits per heavy atom. The Morgan fingerprint density at radius 1 is 1.18 bits per heavy atom. The normalized spacial score (nSPS) is 11.8. The summed E-state index contributed by atoms with van der Waals surface area (Å²) in [4.78, 5) is 42.5. The number of unbranched alkanes of at least 4 members (excludes halogenated alkanes) is 1. The fraction of sp³-hybridized carbons (Fsp3) is 0.414. The third-order valence-electron chi connectivity index (χ3n) is 6.41. The van der Waals surface area contributed by atoms with Crippen molar-refractivity contribution in [1.82, 2.24) is 14.5 Å². The predicted molar refractivity (Wildman–Crippen MR) is 143 cm³/mol. The zero-order valence-electron chi connectivity index (χ0n) is 22.4. The molecule has 2 heterocycles. The standard InChI is InChI=1S/C29H34N4O5/c1-19(13-26(35)36)12-25(34)27-23-15-21(16-30)17-31-28(23)33(4)24(27)10-5-6-11-38-18-20-8-7-9-22(14-20)29(37)32(2)3/h7-9,14-15,17,19H,5-6,10-13,18H2,1-4H3,(H,35,36). The van der Waals surface area contributed by atoms with Crippen LogP contribution in [0.3, 0.4) is 0 Å². The molecule has 1 aromatic carbocycles. The van der Waals surface area contributed by atoms with Gasteiger partial charge in [-0.1, -0.05) is 19.1 Å². The number of rotatable bonds is 13. The van der Waals surface area contributed by atoms with Crippen molar-refractivity contribution < 1.29 is 24.2 Å². The molecule has 0 aliphatic carbocycles. The van der Waals surface area contributed by atoms with Gasteiger partial charge in [-0.3, -0.25) is 14.4 Å². The number of carboxylic acids is 1. The Balaban J connectivity index is 1.67. The third-order valence-corrected chi connectivity index (χ3v) is 6.41. The number of carboxylic acid groups (broad SMARTS) is 1. The minimum absolute atomic E-state index is 0.0547. The van der Waals surface area contributed by atoms with Crippen LogP contribution in [-0.2, 0) is 29.6 Å². The van der Waals surface area contributed by atoms with Gasteiger partial charge in [-0.05, 0) is 48.9 Å². The van der Waals surface area contributed by atoms with Crippen LogP contribution in [0.1, 0.15) is 70.1 Å². The van der Waals surface area contributed by atoms with E-state index >= 15 is 0 Å². The van der Waals surface area contributed by atoms with Gasteiger partial charge in [-0.25, -0.2) is 4.98 Å². The molecular weight excluding hydrogens is 484 g/mol. The number of nitrogens with zero attached hydrogens (tertiary/aromatic N) is 4. The molecule has 9 heteroatoms. The van der Waals surface area contributed by atoms with E-state index in [1.807, 2.05) is 29.8 Å². The SMILES string of the molecule is CC(CC(=O)O)CC(=O)c1c(CCCCOCc2cccc(C(=O)N(C)C)c2)n(C)c2ncc(C#N)cc12. The van der Waals surface area contributed by atoms with Crippen molar-refractivity contribution in [3.05, 3.63) is 64.5 Å². The van der Waals surface area contributed by atoms with Crippen LogP contribution in [0.25, 0.3) is 11.0 Å². The number of fused-ring (bicyclic) bond motifs is 1. The summed E-state index contributed by atoms with van der Waals surface area (Å²) in [6.07, 6.45) is 3.64. The average Bonchev–Trinajstić information content (AvgIpc) is 3.15. The van der Waals surface area contributed by atoms with Crippen LogP contribution in [-0.4, -0.2) is 57.9 Å². The Labute approximate surface area is 222 Å². The van der Waals surface area contributed by atoms with E-state index in [-0.39, 0.29) is 30.4 Å². The average molecular weight is 519 g/mol. The molecule has 3 rings (SSSR count). The number of pyridine rings is 1. The number of ketones is 1. The zero-order chi connectivity index (χ0) is 27.8. The molecule has 0 saturated carbocycles. The van der Waals surface area contributed by atoms with E-state index in [4.69, 9.17) is 9.84 Å². The highest BCUT2D eigenvalue weighted by Gasteiger charge is 2.24. The number of amides is 1. The second-order valence-electron chi connectivity index (χ2n) is 9.83. The van der Waals surface area contributed by atoms with Crippen LogP contribution in [0.5, 0.6) is 0 Å². The fourth-order valence-electron chi connectivity index (χ4n) is 4.55. The van der Waals surface area contributed by atoms with Crippen molar-refractivity contribution in [1.29, 1.82) is 5.26 Å². The Bertz CT molecular complexity index is 1370. The molecule has 1 unspecified atom stereocenters. The van der Waals surface area contributed by atoms with Crippen molar-refractivity contribution in [3.63, 3.8) is 0 Å². The minimum Gasteiger partial charge on any atom is -0.481 e. The highest BCUT2D eigenvalue weighted by molar-refractivity contribution is 6.09. The summed E-state index contributed by atoms with van der Waals surface area (Å²) >= 11 is 0. The molecule has 0 aliphatic heterocycles. The van der Waals surface area contributed by atoms with Crippen molar-refractivity contribution in [2.45, 2.75) is 45.6 Å². The largest absolute Gasteiger partial charge is 0.481 e. The lowest BCUT2D eigenvalue weighted by Gasteiger charge is -2.12. The van der Waals surface area contributed by atoms with Gasteiger partial charge in [0, 0.05) is 69.0 Å². The molecule has 0 bridgehead atoms. The molecule has 3 aromatic rings. The van der Waals surface area contributed by atoms with Crippen molar-refractivity contribution >= 4 is 28.7 Å². The van der Waals surface area contributed by atoms with E-state index in [1.165, 1.54) is 11.1 Å². The first-order chi connectivity index (χ1) is 18.1. The number of aromatic nitrogens is 2. The van der Waals surface area contributed by atoms with E-state index in [1.54, 1.807) is 33.2 Å². The fourth-order valence-corrected chi connectivity index (χ4v) is 4.55. The number of hydrogen-bond donors (Lipinski definition) is 1. The summed E-state index contributed by atoms with van der Waals surface area (Å²) in [6, 6.07) is 11.1. The molecule has 0 spiro atoms. The second-order valence-corrected chi connectivity index (χ2v) is 9.83. The summed E-state index contributed by atoms with van der Waals surface area (Å²) in [7, 11) is 5.29.